The van der Waals surface area contributed by atoms with Crippen LogP contribution in [0.5, 0.6) is 5.75 Å². The maximum absolute atomic E-state index is 14.9. The predicted molar refractivity (Wildman–Crippen MR) is 111 cm³/mol. The topological polar surface area (TPSA) is 9.23 Å². The molecule has 0 amide bonds. The zero-order valence-corrected chi connectivity index (χ0v) is 17.5. The Balaban J connectivity index is 1.83. The Morgan fingerprint density at radius 1 is 0.867 bits per heavy atom. The number of hydrogen-bond donors (Lipinski definition) is 0. The molecule has 0 heterocycles. The number of halogens is 4. The van der Waals surface area contributed by atoms with Gasteiger partial charge in [0.2, 0.25) is 5.82 Å². The molecule has 0 saturated heterocycles. The highest BCUT2D eigenvalue weighted by Gasteiger charge is 2.27. The van der Waals surface area contributed by atoms with Crippen LogP contribution in [-0.4, -0.2) is 0 Å². The summed E-state index contributed by atoms with van der Waals surface area (Å²) >= 11 is 0. The van der Waals surface area contributed by atoms with Gasteiger partial charge in [0.1, 0.15) is 0 Å². The van der Waals surface area contributed by atoms with Crippen LogP contribution >= 0.6 is 0 Å². The molecular formula is C25H28F4O. The van der Waals surface area contributed by atoms with Gasteiger partial charge in [-0.25, -0.2) is 13.2 Å². The summed E-state index contributed by atoms with van der Waals surface area (Å²) in [5.74, 6) is -4.29. The fourth-order valence-electron chi connectivity index (χ4n) is 4.31. The lowest BCUT2D eigenvalue weighted by Crippen LogP contribution is -2.15. The zero-order chi connectivity index (χ0) is 21.7. The molecule has 1 aliphatic carbocycles. The van der Waals surface area contributed by atoms with Crippen LogP contribution in [0, 0.1) is 29.2 Å². The molecule has 0 unspecified atom stereocenters. The monoisotopic (exact) mass is 420 g/mol. The van der Waals surface area contributed by atoms with Crippen LogP contribution in [0.2, 0.25) is 0 Å². The molecule has 0 bridgehead atoms. The van der Waals surface area contributed by atoms with E-state index in [9.17, 15) is 17.6 Å². The first kappa shape index (κ1) is 22.4. The van der Waals surface area contributed by atoms with E-state index in [0.29, 0.717) is 11.5 Å². The number of unbranched alkanes of at least 4 members (excludes halogenated alkanes) is 1. The average molecular weight is 420 g/mol. The van der Waals surface area contributed by atoms with Crippen LogP contribution in [0.15, 0.2) is 36.6 Å². The number of rotatable bonds is 7. The maximum atomic E-state index is 14.9. The molecule has 30 heavy (non-hydrogen) atoms. The molecule has 2 aromatic rings. The van der Waals surface area contributed by atoms with Crippen molar-refractivity contribution in [1.82, 2.24) is 0 Å². The van der Waals surface area contributed by atoms with Gasteiger partial charge in [-0.3, -0.25) is 0 Å². The molecule has 0 aromatic heterocycles. The summed E-state index contributed by atoms with van der Waals surface area (Å²) in [5.41, 5.74) is -0.285. The van der Waals surface area contributed by atoms with E-state index in [1.54, 1.807) is 6.92 Å². The van der Waals surface area contributed by atoms with Crippen LogP contribution in [-0.2, 0) is 0 Å². The summed E-state index contributed by atoms with van der Waals surface area (Å²) < 4.78 is 63.5. The molecule has 0 radical (unpaired) electrons. The van der Waals surface area contributed by atoms with Crippen LogP contribution in [0.4, 0.5) is 17.6 Å². The quantitative estimate of drug-likeness (QED) is 0.323. The van der Waals surface area contributed by atoms with Crippen molar-refractivity contribution >= 4 is 0 Å². The molecule has 1 saturated carbocycles. The van der Waals surface area contributed by atoms with E-state index in [1.165, 1.54) is 55.9 Å². The highest BCUT2D eigenvalue weighted by atomic mass is 19.2. The fourth-order valence-corrected chi connectivity index (χ4v) is 4.31. The van der Waals surface area contributed by atoms with Crippen molar-refractivity contribution in [3.05, 3.63) is 65.4 Å². The van der Waals surface area contributed by atoms with Crippen molar-refractivity contribution in [2.45, 2.75) is 64.7 Å². The Hall–Kier alpha value is -2.30. The normalized spacial score (nSPS) is 19.4. The second-order valence-corrected chi connectivity index (χ2v) is 8.02. The molecule has 1 aliphatic rings. The second-order valence-electron chi connectivity index (χ2n) is 8.02. The lowest BCUT2D eigenvalue weighted by atomic mass is 9.76. The van der Waals surface area contributed by atoms with Gasteiger partial charge in [-0.1, -0.05) is 44.4 Å². The Labute approximate surface area is 175 Å². The first-order valence-corrected chi connectivity index (χ1v) is 10.7. The van der Waals surface area contributed by atoms with Crippen molar-refractivity contribution in [3.8, 4) is 16.9 Å². The number of benzene rings is 2. The van der Waals surface area contributed by atoms with Gasteiger partial charge >= 0.3 is 0 Å². The van der Waals surface area contributed by atoms with E-state index in [-0.39, 0.29) is 22.8 Å². The third-order valence-electron chi connectivity index (χ3n) is 6.03. The van der Waals surface area contributed by atoms with Gasteiger partial charge in [-0.2, -0.15) is 4.39 Å². The second kappa shape index (κ2) is 10.1. The molecule has 5 heteroatoms. The minimum atomic E-state index is -1.26. The third-order valence-corrected chi connectivity index (χ3v) is 6.03. The van der Waals surface area contributed by atoms with E-state index < -0.39 is 23.3 Å². The molecule has 0 atom stereocenters. The molecule has 0 aliphatic heterocycles. The summed E-state index contributed by atoms with van der Waals surface area (Å²) in [5, 5.41) is 0. The van der Waals surface area contributed by atoms with Crippen LogP contribution in [0.3, 0.4) is 0 Å². The van der Waals surface area contributed by atoms with Gasteiger partial charge in [0.25, 0.3) is 0 Å². The van der Waals surface area contributed by atoms with Crippen molar-refractivity contribution < 1.29 is 22.3 Å². The van der Waals surface area contributed by atoms with E-state index >= 15 is 0 Å². The van der Waals surface area contributed by atoms with Crippen LogP contribution in [0.1, 0.15) is 70.3 Å². The summed E-state index contributed by atoms with van der Waals surface area (Å²) in [6.45, 7) is 3.84. The molecule has 0 N–H and O–H groups in total. The predicted octanol–water partition coefficient (Wildman–Crippen LogP) is 8.29. The van der Waals surface area contributed by atoms with Crippen LogP contribution < -0.4 is 4.74 Å². The van der Waals surface area contributed by atoms with Gasteiger partial charge in [-0.15, -0.1) is 0 Å². The Morgan fingerprint density at radius 2 is 1.50 bits per heavy atom. The lowest BCUT2D eigenvalue weighted by Gasteiger charge is -2.29. The van der Waals surface area contributed by atoms with E-state index in [4.69, 9.17) is 4.74 Å². The minimum Gasteiger partial charge on any atom is -0.462 e. The lowest BCUT2D eigenvalue weighted by molar-refractivity contribution is 0.299. The Kier molecular flexibility index (Phi) is 7.57. The minimum absolute atomic E-state index is 0.0374. The maximum Gasteiger partial charge on any atom is 0.201 e. The van der Waals surface area contributed by atoms with Gasteiger partial charge in [0.15, 0.2) is 23.2 Å². The molecule has 0 spiro atoms. The highest BCUT2D eigenvalue weighted by Crippen LogP contribution is 2.41. The van der Waals surface area contributed by atoms with Gasteiger partial charge in [0.05, 0.1) is 6.26 Å². The van der Waals surface area contributed by atoms with Crippen molar-refractivity contribution in [2.75, 3.05) is 0 Å². The third kappa shape index (κ3) is 4.71. The standard InChI is InChI=1S/C25H28F4O/c1-3-5-6-16-7-9-17(10-8-16)18-11-12-19(23(27)22(18)26)20-13-14-21(30-15-4-2)25(29)24(20)28/h4,11-17H,3,5-10H2,1-2H3/b15-4-. The summed E-state index contributed by atoms with van der Waals surface area (Å²) in [7, 11) is 0. The van der Waals surface area contributed by atoms with Gasteiger partial charge in [-0.05, 0) is 62.1 Å². The summed E-state index contributed by atoms with van der Waals surface area (Å²) in [6.07, 6.45) is 9.97. The van der Waals surface area contributed by atoms with Crippen molar-refractivity contribution in [2.24, 2.45) is 5.92 Å². The number of hydrogen-bond acceptors (Lipinski definition) is 1. The molecular weight excluding hydrogens is 392 g/mol. The molecule has 1 nitrogen and oxygen atoms in total. The molecule has 3 rings (SSSR count). The first-order chi connectivity index (χ1) is 14.5. The molecule has 2 aromatic carbocycles. The van der Waals surface area contributed by atoms with E-state index in [2.05, 4.69) is 6.92 Å². The largest absolute Gasteiger partial charge is 0.462 e. The molecule has 1 fully saturated rings. The van der Waals surface area contributed by atoms with Crippen molar-refractivity contribution in [1.29, 1.82) is 0 Å². The van der Waals surface area contributed by atoms with Crippen molar-refractivity contribution in [3.63, 3.8) is 0 Å². The first-order valence-electron chi connectivity index (χ1n) is 10.7. The summed E-state index contributed by atoms with van der Waals surface area (Å²) in [4.78, 5) is 0. The average Bonchev–Trinajstić information content (AvgIpc) is 2.76. The SMILES string of the molecule is C/C=C\Oc1ccc(-c2ccc(C3CCC(CCCC)CC3)c(F)c2F)c(F)c1F. The van der Waals surface area contributed by atoms with Gasteiger partial charge in [0, 0.05) is 11.1 Å². The van der Waals surface area contributed by atoms with Crippen LogP contribution in [0.25, 0.3) is 11.1 Å². The van der Waals surface area contributed by atoms with E-state index in [1.807, 2.05) is 0 Å². The zero-order valence-electron chi connectivity index (χ0n) is 17.5. The molecule has 162 valence electrons. The fraction of sp³-hybridized carbons (Fsp3) is 0.440. The number of allylic oxidation sites excluding steroid dienone is 1. The Morgan fingerprint density at radius 3 is 2.13 bits per heavy atom. The highest BCUT2D eigenvalue weighted by molar-refractivity contribution is 5.66. The smallest absolute Gasteiger partial charge is 0.201 e. The van der Waals surface area contributed by atoms with E-state index in [0.717, 1.165) is 25.7 Å². The van der Waals surface area contributed by atoms with Gasteiger partial charge < -0.3 is 4.74 Å². The Bertz CT molecular complexity index is 899. The number of ether oxygens (including phenoxy) is 1. The summed E-state index contributed by atoms with van der Waals surface area (Å²) in [6, 6.07) is 5.28.